The first-order valence-electron chi connectivity index (χ1n) is 13.5. The summed E-state index contributed by atoms with van der Waals surface area (Å²) < 4.78 is 0. The number of hydrogen-bond donors (Lipinski definition) is 0. The van der Waals surface area contributed by atoms with Gasteiger partial charge in [-0.25, -0.2) is 4.90 Å². The van der Waals surface area contributed by atoms with Crippen molar-refractivity contribution in [2.24, 2.45) is 0 Å². The summed E-state index contributed by atoms with van der Waals surface area (Å²) in [4.78, 5) is 30.0. The largest absolute Gasteiger partial charge is 0.268 e. The van der Waals surface area contributed by atoms with Crippen LogP contribution >= 0.6 is 0 Å². The van der Waals surface area contributed by atoms with E-state index in [9.17, 15) is 9.59 Å². The molecule has 6 aromatic rings. The van der Waals surface area contributed by atoms with Crippen LogP contribution in [0, 0.1) is 12.3 Å². The lowest BCUT2D eigenvalue weighted by atomic mass is 9.83. The first kappa shape index (κ1) is 23.4. The zero-order chi connectivity index (χ0) is 27.2. The van der Waals surface area contributed by atoms with Gasteiger partial charge >= 0.3 is 0 Å². The number of rotatable bonds is 3. The van der Waals surface area contributed by atoms with Gasteiger partial charge in [-0.3, -0.25) is 9.59 Å². The van der Waals surface area contributed by atoms with Crippen molar-refractivity contribution in [1.29, 1.82) is 0 Å². The van der Waals surface area contributed by atoms with Crippen molar-refractivity contribution in [2.45, 2.75) is 39.5 Å². The van der Waals surface area contributed by atoms with Gasteiger partial charge in [0.25, 0.3) is 11.8 Å². The molecule has 0 radical (unpaired) electrons. The Balaban J connectivity index is 1.58. The van der Waals surface area contributed by atoms with Crippen LogP contribution in [0.25, 0.3) is 43.1 Å². The molecule has 0 N–H and O–H groups in total. The number of nitrogens with zero attached hydrogens (tertiary/aromatic N) is 1. The summed E-state index contributed by atoms with van der Waals surface area (Å²) in [5, 5.41) is 8.06. The maximum Gasteiger partial charge on any atom is 0.266 e. The van der Waals surface area contributed by atoms with E-state index in [1.54, 1.807) is 0 Å². The molecule has 0 aliphatic carbocycles. The molecular weight excluding hydrogens is 478 g/mol. The Morgan fingerprint density at radius 1 is 0.590 bits per heavy atom. The van der Waals surface area contributed by atoms with Gasteiger partial charge in [-0.1, -0.05) is 88.2 Å². The van der Waals surface area contributed by atoms with E-state index in [4.69, 9.17) is 6.42 Å². The summed E-state index contributed by atoms with van der Waals surface area (Å²) in [5.74, 6) is 2.60. The van der Waals surface area contributed by atoms with Crippen molar-refractivity contribution in [1.82, 2.24) is 0 Å². The third kappa shape index (κ3) is 3.00. The van der Waals surface area contributed by atoms with Crippen molar-refractivity contribution in [2.75, 3.05) is 4.90 Å². The zero-order valence-corrected chi connectivity index (χ0v) is 22.4. The Morgan fingerprint density at radius 3 is 1.64 bits per heavy atom. The first-order chi connectivity index (χ1) is 18.8. The van der Waals surface area contributed by atoms with Crippen molar-refractivity contribution >= 4 is 60.6 Å². The molecule has 0 unspecified atom stereocenters. The standard InChI is InChI=1S/C36H27NO2/c1-6-21-13-14-26-28-16-18-30-33-29(17-15-27(32(28)33)25-12-8-11-24(21)31(25)26)35(38)37(36(30)39)34-22(19(2)3)9-7-10-23(34)20(4)5/h1,7-20H,2-5H3. The summed E-state index contributed by atoms with van der Waals surface area (Å²) in [6, 6.07) is 24.2. The molecular formula is C36H27NO2. The van der Waals surface area contributed by atoms with E-state index in [-0.39, 0.29) is 23.7 Å². The van der Waals surface area contributed by atoms with Gasteiger partial charge in [0.1, 0.15) is 0 Å². The van der Waals surface area contributed by atoms with E-state index in [2.05, 4.69) is 51.8 Å². The number of benzene rings is 6. The lowest BCUT2D eigenvalue weighted by molar-refractivity contribution is 0.0893. The van der Waals surface area contributed by atoms with E-state index >= 15 is 0 Å². The predicted octanol–water partition coefficient (Wildman–Crippen LogP) is 8.77. The van der Waals surface area contributed by atoms with Gasteiger partial charge in [-0.05, 0) is 78.9 Å². The number of fused-ring (bicyclic) bond motifs is 2. The van der Waals surface area contributed by atoms with Gasteiger partial charge in [0.05, 0.1) is 5.69 Å². The van der Waals surface area contributed by atoms with E-state index in [0.717, 1.165) is 65.5 Å². The number of anilines is 1. The topological polar surface area (TPSA) is 37.4 Å². The minimum Gasteiger partial charge on any atom is -0.268 e. The van der Waals surface area contributed by atoms with Crippen molar-refractivity contribution in [3.05, 3.63) is 101 Å². The lowest BCUT2D eigenvalue weighted by Crippen LogP contribution is -2.41. The monoisotopic (exact) mass is 505 g/mol. The highest BCUT2D eigenvalue weighted by Gasteiger charge is 2.37. The molecule has 0 atom stereocenters. The highest BCUT2D eigenvalue weighted by atomic mass is 16.2. The van der Waals surface area contributed by atoms with Crippen LogP contribution in [0.3, 0.4) is 0 Å². The lowest BCUT2D eigenvalue weighted by Gasteiger charge is -2.32. The van der Waals surface area contributed by atoms with E-state index in [1.165, 1.54) is 4.90 Å². The Hall–Kier alpha value is -4.68. The molecule has 0 fully saturated rings. The molecule has 3 heteroatoms. The molecule has 1 aliphatic heterocycles. The van der Waals surface area contributed by atoms with Crippen molar-refractivity contribution < 1.29 is 9.59 Å². The molecule has 2 amide bonds. The molecule has 1 aliphatic rings. The molecule has 0 bridgehead atoms. The van der Waals surface area contributed by atoms with Crippen LogP contribution in [0.2, 0.25) is 0 Å². The molecule has 188 valence electrons. The minimum absolute atomic E-state index is 0.154. The fourth-order valence-corrected chi connectivity index (χ4v) is 6.59. The Kier molecular flexibility index (Phi) is 4.90. The van der Waals surface area contributed by atoms with Crippen LogP contribution in [0.5, 0.6) is 0 Å². The van der Waals surface area contributed by atoms with Crippen molar-refractivity contribution in [3.63, 3.8) is 0 Å². The van der Waals surface area contributed by atoms with Crippen LogP contribution in [-0.4, -0.2) is 11.8 Å². The number of terminal acetylenes is 1. The van der Waals surface area contributed by atoms with Gasteiger partial charge in [0.2, 0.25) is 0 Å². The number of carbonyl (C=O) groups is 2. The van der Waals surface area contributed by atoms with Crippen LogP contribution in [0.4, 0.5) is 5.69 Å². The predicted molar refractivity (Wildman–Crippen MR) is 161 cm³/mol. The number of hydrogen-bond acceptors (Lipinski definition) is 2. The SMILES string of the molecule is C#Cc1ccc2c3ccc4c5c(ccc(c6cccc1c62)c53)C(=O)N(c1c(C(C)C)cccc1C(C)C)C4=O. The fourth-order valence-electron chi connectivity index (χ4n) is 6.59. The number of carbonyl (C=O) groups excluding carboxylic acids is 2. The van der Waals surface area contributed by atoms with E-state index in [1.807, 2.05) is 54.6 Å². The van der Waals surface area contributed by atoms with E-state index in [0.29, 0.717) is 11.1 Å². The highest BCUT2D eigenvalue weighted by molar-refractivity contribution is 6.42. The third-order valence-electron chi connectivity index (χ3n) is 8.37. The second-order valence-electron chi connectivity index (χ2n) is 11.1. The number of imide groups is 1. The zero-order valence-electron chi connectivity index (χ0n) is 22.4. The molecule has 3 nitrogen and oxygen atoms in total. The molecule has 0 aromatic heterocycles. The number of para-hydroxylation sites is 1. The third-order valence-corrected chi connectivity index (χ3v) is 8.37. The second-order valence-corrected chi connectivity index (χ2v) is 11.1. The molecule has 0 spiro atoms. The van der Waals surface area contributed by atoms with Crippen LogP contribution in [-0.2, 0) is 0 Å². The quantitative estimate of drug-likeness (QED) is 0.104. The summed E-state index contributed by atoms with van der Waals surface area (Å²) in [6.07, 6.45) is 5.83. The number of amides is 2. The van der Waals surface area contributed by atoms with E-state index < -0.39 is 0 Å². The van der Waals surface area contributed by atoms with Gasteiger partial charge in [-0.15, -0.1) is 6.42 Å². The average molecular weight is 506 g/mol. The molecule has 1 heterocycles. The maximum atomic E-state index is 14.3. The molecule has 39 heavy (non-hydrogen) atoms. The van der Waals surface area contributed by atoms with Gasteiger partial charge in [-0.2, -0.15) is 0 Å². The Morgan fingerprint density at radius 2 is 1.08 bits per heavy atom. The Bertz CT molecular complexity index is 1980. The highest BCUT2D eigenvalue weighted by Crippen LogP contribution is 2.46. The fraction of sp³-hybridized carbons (Fsp3) is 0.167. The summed E-state index contributed by atoms with van der Waals surface area (Å²) >= 11 is 0. The molecule has 0 saturated heterocycles. The second kappa shape index (κ2) is 8.16. The summed E-state index contributed by atoms with van der Waals surface area (Å²) in [6.45, 7) is 8.41. The van der Waals surface area contributed by atoms with Crippen LogP contribution in [0.15, 0.2) is 72.8 Å². The molecule has 0 saturated carbocycles. The summed E-state index contributed by atoms with van der Waals surface area (Å²) in [5.41, 5.74) is 4.72. The Labute approximate surface area is 227 Å². The van der Waals surface area contributed by atoms with Crippen LogP contribution < -0.4 is 4.90 Å². The van der Waals surface area contributed by atoms with Gasteiger partial charge in [0.15, 0.2) is 0 Å². The normalized spacial score (nSPS) is 13.6. The molecule has 7 rings (SSSR count). The van der Waals surface area contributed by atoms with Gasteiger partial charge in [0, 0.05) is 22.1 Å². The van der Waals surface area contributed by atoms with Crippen molar-refractivity contribution in [3.8, 4) is 12.3 Å². The van der Waals surface area contributed by atoms with Crippen LogP contribution in [0.1, 0.15) is 76.9 Å². The molecule has 6 aromatic carbocycles. The smallest absolute Gasteiger partial charge is 0.266 e. The maximum absolute atomic E-state index is 14.3. The minimum atomic E-state index is -0.266. The summed E-state index contributed by atoms with van der Waals surface area (Å²) in [7, 11) is 0. The first-order valence-corrected chi connectivity index (χ1v) is 13.5. The van der Waals surface area contributed by atoms with Gasteiger partial charge < -0.3 is 0 Å². The average Bonchev–Trinajstić information content (AvgIpc) is 2.94.